The molecule has 0 fully saturated rings. The molecule has 2 aromatic rings. The fourth-order valence-electron chi connectivity index (χ4n) is 1.82. The highest BCUT2D eigenvalue weighted by atomic mass is 16.3. The Morgan fingerprint density at radius 1 is 1.20 bits per heavy atom. The van der Waals surface area contributed by atoms with E-state index in [-0.39, 0.29) is 11.7 Å². The van der Waals surface area contributed by atoms with Crippen molar-refractivity contribution in [3.63, 3.8) is 0 Å². The van der Waals surface area contributed by atoms with Crippen LogP contribution in [0, 0.1) is 0 Å². The molecule has 4 heteroatoms. The smallest absolute Gasteiger partial charge is 0.223 e. The lowest BCUT2D eigenvalue weighted by atomic mass is 10.2. The summed E-state index contributed by atoms with van der Waals surface area (Å²) >= 11 is 0. The van der Waals surface area contributed by atoms with Crippen LogP contribution in [0.15, 0.2) is 48.5 Å². The molecular weight excluding hydrogens is 252 g/mol. The van der Waals surface area contributed by atoms with Gasteiger partial charge < -0.3 is 15.3 Å². The van der Waals surface area contributed by atoms with Crippen LogP contribution in [-0.4, -0.2) is 18.1 Å². The first-order valence-corrected chi connectivity index (χ1v) is 6.42. The third-order valence-electron chi connectivity index (χ3n) is 3.14. The zero-order chi connectivity index (χ0) is 14.5. The molecule has 2 N–H and O–H groups in total. The van der Waals surface area contributed by atoms with E-state index in [1.54, 1.807) is 24.1 Å². The number of phenols is 1. The van der Waals surface area contributed by atoms with Crippen LogP contribution < -0.4 is 10.2 Å². The van der Waals surface area contributed by atoms with Crippen LogP contribution in [0.2, 0.25) is 0 Å². The Balaban J connectivity index is 2.04. The lowest BCUT2D eigenvalue weighted by Crippen LogP contribution is -2.22. The summed E-state index contributed by atoms with van der Waals surface area (Å²) in [6.07, 6.45) is 0. The van der Waals surface area contributed by atoms with Crippen LogP contribution in [0.1, 0.15) is 12.5 Å². The minimum Gasteiger partial charge on any atom is -0.508 e. The van der Waals surface area contributed by atoms with Gasteiger partial charge in [0.05, 0.1) is 0 Å². The third kappa shape index (κ3) is 3.51. The number of aromatic hydroxyl groups is 1. The fraction of sp³-hybridized carbons (Fsp3) is 0.188. The molecule has 0 aromatic heterocycles. The van der Waals surface area contributed by atoms with Crippen LogP contribution in [-0.2, 0) is 11.3 Å². The van der Waals surface area contributed by atoms with E-state index in [0.29, 0.717) is 6.54 Å². The highest BCUT2D eigenvalue weighted by Crippen LogP contribution is 2.19. The molecule has 0 unspecified atom stereocenters. The normalized spacial score (nSPS) is 10.1. The number of amides is 1. The molecule has 20 heavy (non-hydrogen) atoms. The number of hydrogen-bond donors (Lipinski definition) is 2. The Hall–Kier alpha value is -2.49. The molecule has 4 nitrogen and oxygen atoms in total. The first-order chi connectivity index (χ1) is 9.56. The Morgan fingerprint density at radius 3 is 2.55 bits per heavy atom. The van der Waals surface area contributed by atoms with Gasteiger partial charge in [-0.1, -0.05) is 18.2 Å². The average Bonchev–Trinajstić information content (AvgIpc) is 2.46. The number of benzene rings is 2. The standard InChI is InChI=1S/C16H18N2O2/c1-12(19)18(2)15-5-3-4-14(10-15)17-11-13-6-8-16(20)9-7-13/h3-10,17,20H,11H2,1-2H3. The van der Waals surface area contributed by atoms with Crippen molar-refractivity contribution >= 4 is 17.3 Å². The number of carbonyl (C=O) groups is 1. The second-order valence-corrected chi connectivity index (χ2v) is 4.65. The van der Waals surface area contributed by atoms with Crippen LogP contribution >= 0.6 is 0 Å². The molecule has 2 rings (SSSR count). The minimum absolute atomic E-state index is 0.000634. The largest absolute Gasteiger partial charge is 0.508 e. The molecule has 0 aliphatic heterocycles. The van der Waals surface area contributed by atoms with Gasteiger partial charge in [-0.05, 0) is 35.9 Å². The van der Waals surface area contributed by atoms with E-state index < -0.39 is 0 Å². The van der Waals surface area contributed by atoms with Crippen molar-refractivity contribution in [3.8, 4) is 5.75 Å². The van der Waals surface area contributed by atoms with Gasteiger partial charge in [0.1, 0.15) is 5.75 Å². The summed E-state index contributed by atoms with van der Waals surface area (Å²) in [5.41, 5.74) is 2.88. The van der Waals surface area contributed by atoms with E-state index in [4.69, 9.17) is 0 Å². The average molecular weight is 270 g/mol. The number of anilines is 2. The summed E-state index contributed by atoms with van der Waals surface area (Å²) in [6.45, 7) is 2.20. The first-order valence-electron chi connectivity index (χ1n) is 6.42. The summed E-state index contributed by atoms with van der Waals surface area (Å²) in [6, 6.07) is 14.8. The maximum absolute atomic E-state index is 11.3. The monoisotopic (exact) mass is 270 g/mol. The van der Waals surface area contributed by atoms with Gasteiger partial charge >= 0.3 is 0 Å². The van der Waals surface area contributed by atoms with Crippen molar-refractivity contribution < 1.29 is 9.90 Å². The predicted molar refractivity (Wildman–Crippen MR) is 81.0 cm³/mol. The van der Waals surface area contributed by atoms with Gasteiger partial charge in [-0.3, -0.25) is 4.79 Å². The van der Waals surface area contributed by atoms with Crippen molar-refractivity contribution in [1.29, 1.82) is 0 Å². The van der Waals surface area contributed by atoms with E-state index in [0.717, 1.165) is 16.9 Å². The van der Waals surface area contributed by atoms with Crippen molar-refractivity contribution in [1.82, 2.24) is 0 Å². The van der Waals surface area contributed by atoms with E-state index in [1.807, 2.05) is 36.4 Å². The highest BCUT2D eigenvalue weighted by molar-refractivity contribution is 5.91. The Bertz CT molecular complexity index is 594. The lowest BCUT2D eigenvalue weighted by molar-refractivity contribution is -0.116. The van der Waals surface area contributed by atoms with Crippen molar-refractivity contribution in [2.45, 2.75) is 13.5 Å². The van der Waals surface area contributed by atoms with Gasteiger partial charge in [-0.15, -0.1) is 0 Å². The zero-order valence-corrected chi connectivity index (χ0v) is 11.6. The molecule has 0 saturated heterocycles. The quantitative estimate of drug-likeness (QED) is 0.898. The molecule has 0 saturated carbocycles. The lowest BCUT2D eigenvalue weighted by Gasteiger charge is -2.16. The zero-order valence-electron chi connectivity index (χ0n) is 11.6. The number of carbonyl (C=O) groups excluding carboxylic acids is 1. The van der Waals surface area contributed by atoms with Crippen LogP contribution in [0.5, 0.6) is 5.75 Å². The van der Waals surface area contributed by atoms with Gasteiger partial charge in [0.25, 0.3) is 0 Å². The van der Waals surface area contributed by atoms with Gasteiger partial charge in [-0.2, -0.15) is 0 Å². The predicted octanol–water partition coefficient (Wildman–Crippen LogP) is 2.99. The van der Waals surface area contributed by atoms with Gasteiger partial charge in [0, 0.05) is 31.9 Å². The molecule has 0 bridgehead atoms. The maximum Gasteiger partial charge on any atom is 0.223 e. The number of hydrogen-bond acceptors (Lipinski definition) is 3. The molecule has 0 radical (unpaired) electrons. The van der Waals surface area contributed by atoms with E-state index >= 15 is 0 Å². The maximum atomic E-state index is 11.3. The fourth-order valence-corrected chi connectivity index (χ4v) is 1.82. The molecule has 0 heterocycles. The summed E-state index contributed by atoms with van der Waals surface area (Å²) in [5, 5.41) is 12.5. The topological polar surface area (TPSA) is 52.6 Å². The Morgan fingerprint density at radius 2 is 1.90 bits per heavy atom. The molecule has 104 valence electrons. The van der Waals surface area contributed by atoms with Crippen molar-refractivity contribution in [2.24, 2.45) is 0 Å². The molecule has 0 aliphatic rings. The molecule has 0 atom stereocenters. The van der Waals surface area contributed by atoms with Crippen LogP contribution in [0.3, 0.4) is 0 Å². The summed E-state index contributed by atoms with van der Waals surface area (Å²) < 4.78 is 0. The Labute approximate surface area is 118 Å². The van der Waals surface area contributed by atoms with Gasteiger partial charge in [0.2, 0.25) is 5.91 Å². The van der Waals surface area contributed by atoms with E-state index in [9.17, 15) is 9.90 Å². The SMILES string of the molecule is CC(=O)N(C)c1cccc(NCc2ccc(O)cc2)c1. The van der Waals surface area contributed by atoms with Gasteiger partial charge in [0.15, 0.2) is 0 Å². The molecule has 0 spiro atoms. The van der Waals surface area contributed by atoms with Crippen molar-refractivity contribution in [2.75, 3.05) is 17.3 Å². The summed E-state index contributed by atoms with van der Waals surface area (Å²) in [5.74, 6) is 0.263. The number of nitrogens with zero attached hydrogens (tertiary/aromatic N) is 1. The number of rotatable bonds is 4. The summed E-state index contributed by atoms with van der Waals surface area (Å²) in [7, 11) is 1.75. The molecule has 1 amide bonds. The van der Waals surface area contributed by atoms with Crippen molar-refractivity contribution in [3.05, 3.63) is 54.1 Å². The number of nitrogens with one attached hydrogen (secondary N) is 1. The molecular formula is C16H18N2O2. The molecule has 0 aliphatic carbocycles. The number of phenolic OH excluding ortho intramolecular Hbond substituents is 1. The second kappa shape index (κ2) is 6.10. The van der Waals surface area contributed by atoms with Gasteiger partial charge in [-0.25, -0.2) is 0 Å². The minimum atomic E-state index is 0.000634. The summed E-state index contributed by atoms with van der Waals surface area (Å²) in [4.78, 5) is 13.0. The van der Waals surface area contributed by atoms with E-state index in [1.165, 1.54) is 6.92 Å². The highest BCUT2D eigenvalue weighted by Gasteiger charge is 2.05. The first kappa shape index (κ1) is 13.9. The van der Waals surface area contributed by atoms with E-state index in [2.05, 4.69) is 5.32 Å². The van der Waals surface area contributed by atoms with Crippen LogP contribution in [0.4, 0.5) is 11.4 Å². The molecule has 2 aromatic carbocycles. The van der Waals surface area contributed by atoms with Crippen LogP contribution in [0.25, 0.3) is 0 Å². The third-order valence-corrected chi connectivity index (χ3v) is 3.14. The second-order valence-electron chi connectivity index (χ2n) is 4.65. The Kier molecular flexibility index (Phi) is 4.25.